The van der Waals surface area contributed by atoms with Crippen LogP contribution in [0.3, 0.4) is 0 Å². The first-order valence-corrected chi connectivity index (χ1v) is 14.9. The van der Waals surface area contributed by atoms with Crippen LogP contribution in [0.2, 0.25) is 0 Å². The number of nitrogens with one attached hydrogen (secondary N) is 2. The molecule has 4 aromatic rings. The van der Waals surface area contributed by atoms with Gasteiger partial charge in [0.25, 0.3) is 0 Å². The number of aliphatic hydroxyl groups excluding tert-OH is 1. The van der Waals surface area contributed by atoms with E-state index >= 15 is 0 Å². The molecule has 1 aliphatic rings. The number of carbonyl (C=O) groups excluding carboxylic acids is 1. The van der Waals surface area contributed by atoms with Crippen LogP contribution >= 0.6 is 0 Å². The summed E-state index contributed by atoms with van der Waals surface area (Å²) in [5, 5.41) is 14.7. The Kier molecular flexibility index (Phi) is 8.24. The summed E-state index contributed by atoms with van der Waals surface area (Å²) >= 11 is 0. The van der Waals surface area contributed by atoms with Crippen molar-refractivity contribution < 1.29 is 23.1 Å². The smallest absolute Gasteiger partial charge is 0.323 e. The van der Waals surface area contributed by atoms with Crippen LogP contribution in [0.25, 0.3) is 22.8 Å². The molecule has 0 saturated carbocycles. The van der Waals surface area contributed by atoms with Gasteiger partial charge in [-0.15, -0.1) is 0 Å². The Hall–Kier alpha value is -4.39. The molecule has 11 nitrogen and oxygen atoms in total. The lowest BCUT2D eigenvalue weighted by atomic mass is 10.1. The average Bonchev–Trinajstić information content (AvgIpc) is 2.97. The molecule has 5 rings (SSSR count). The van der Waals surface area contributed by atoms with Crippen LogP contribution < -0.4 is 15.5 Å². The number of aromatic nitrogens is 3. The van der Waals surface area contributed by atoms with Crippen molar-refractivity contribution in [3.8, 4) is 22.8 Å². The fourth-order valence-electron chi connectivity index (χ4n) is 4.43. The first-order chi connectivity index (χ1) is 19.7. The minimum atomic E-state index is -3.54. The number of amides is 2. The number of urea groups is 1. The Morgan fingerprint density at radius 2 is 1.59 bits per heavy atom. The predicted molar refractivity (Wildman–Crippen MR) is 156 cm³/mol. The van der Waals surface area contributed by atoms with E-state index in [1.165, 1.54) is 6.07 Å². The summed E-state index contributed by atoms with van der Waals surface area (Å²) in [4.78, 5) is 28.7. The quantitative estimate of drug-likeness (QED) is 0.298. The molecule has 0 spiro atoms. The molecular formula is C29H30N6O5S. The molecule has 212 valence electrons. The number of nitrogens with zero attached hydrogens (tertiary/aromatic N) is 4. The predicted octanol–water partition coefficient (Wildman–Crippen LogP) is 3.97. The van der Waals surface area contributed by atoms with Crippen LogP contribution in [0.4, 0.5) is 22.1 Å². The highest BCUT2D eigenvalue weighted by Crippen LogP contribution is 2.29. The molecule has 2 heterocycles. The summed E-state index contributed by atoms with van der Waals surface area (Å²) < 4.78 is 30.7. The van der Waals surface area contributed by atoms with Gasteiger partial charge in [0.05, 0.1) is 30.8 Å². The molecule has 0 aliphatic carbocycles. The molecule has 12 heteroatoms. The van der Waals surface area contributed by atoms with Gasteiger partial charge in [0.1, 0.15) is 0 Å². The molecule has 0 radical (unpaired) electrons. The number of ether oxygens (including phenoxy) is 1. The molecule has 0 bridgehead atoms. The number of anilines is 3. The molecule has 1 atom stereocenters. The number of carbonyl (C=O) groups is 1. The fraction of sp³-hybridized carbons (Fsp3) is 0.241. The van der Waals surface area contributed by atoms with Gasteiger partial charge >= 0.3 is 6.03 Å². The van der Waals surface area contributed by atoms with Crippen LogP contribution in [-0.2, 0) is 21.2 Å². The Balaban J connectivity index is 1.45. The number of rotatable bonds is 7. The van der Waals surface area contributed by atoms with Crippen molar-refractivity contribution in [2.75, 3.05) is 41.5 Å². The fourth-order valence-corrected chi connectivity index (χ4v) is 5.32. The zero-order chi connectivity index (χ0) is 29.0. The van der Waals surface area contributed by atoms with E-state index < -0.39 is 15.9 Å². The maximum Gasteiger partial charge on any atom is 0.323 e. The molecule has 1 fully saturated rings. The second kappa shape index (κ2) is 12.0. The molecule has 2 amide bonds. The SMILES string of the molecule is CC1COCCN1c1nc(-c2ccc(NC(=O)Nc3ccc(CO)cc3)cc2)nc(-c2ccccc2S(C)(=O)=O)n1. The summed E-state index contributed by atoms with van der Waals surface area (Å²) in [5.74, 6) is 1.04. The van der Waals surface area contributed by atoms with E-state index in [9.17, 15) is 18.3 Å². The Morgan fingerprint density at radius 1 is 0.951 bits per heavy atom. The zero-order valence-electron chi connectivity index (χ0n) is 22.6. The Labute approximate surface area is 238 Å². The van der Waals surface area contributed by atoms with Gasteiger partial charge < -0.3 is 25.4 Å². The lowest BCUT2D eigenvalue weighted by Crippen LogP contribution is -2.44. The first-order valence-electron chi connectivity index (χ1n) is 13.0. The molecular weight excluding hydrogens is 544 g/mol. The molecule has 1 aliphatic heterocycles. The molecule has 1 aromatic heterocycles. The highest BCUT2D eigenvalue weighted by molar-refractivity contribution is 7.90. The number of hydrogen-bond donors (Lipinski definition) is 3. The molecule has 3 N–H and O–H groups in total. The van der Waals surface area contributed by atoms with Gasteiger partial charge in [0.2, 0.25) is 5.95 Å². The normalized spacial score (nSPS) is 15.4. The molecule has 3 aromatic carbocycles. The van der Waals surface area contributed by atoms with Gasteiger partial charge in [-0.3, -0.25) is 0 Å². The number of aliphatic hydroxyl groups is 1. The van der Waals surface area contributed by atoms with Crippen molar-refractivity contribution in [2.24, 2.45) is 0 Å². The van der Waals surface area contributed by atoms with E-state index in [0.717, 1.165) is 11.8 Å². The van der Waals surface area contributed by atoms with Crippen molar-refractivity contribution in [3.63, 3.8) is 0 Å². The summed E-state index contributed by atoms with van der Waals surface area (Å²) in [5.41, 5.74) is 2.95. The molecule has 1 saturated heterocycles. The van der Waals surface area contributed by atoms with Crippen molar-refractivity contribution in [2.45, 2.75) is 24.5 Å². The first kappa shape index (κ1) is 28.1. The highest BCUT2D eigenvalue weighted by Gasteiger charge is 2.25. The maximum atomic E-state index is 12.5. The van der Waals surface area contributed by atoms with Gasteiger partial charge in [0, 0.05) is 35.3 Å². The van der Waals surface area contributed by atoms with E-state index in [-0.39, 0.29) is 23.4 Å². The number of benzene rings is 3. The van der Waals surface area contributed by atoms with E-state index in [4.69, 9.17) is 9.72 Å². The maximum absolute atomic E-state index is 12.5. The summed E-state index contributed by atoms with van der Waals surface area (Å²) in [6, 6.07) is 20.1. The topological polar surface area (TPSA) is 147 Å². The third kappa shape index (κ3) is 6.68. The van der Waals surface area contributed by atoms with Crippen LogP contribution in [-0.4, -0.2) is 66.6 Å². The molecule has 1 unspecified atom stereocenters. The van der Waals surface area contributed by atoms with Gasteiger partial charge in [0.15, 0.2) is 21.5 Å². The van der Waals surface area contributed by atoms with Gasteiger partial charge in [-0.2, -0.15) is 9.97 Å². The van der Waals surface area contributed by atoms with Gasteiger partial charge in [-0.1, -0.05) is 24.3 Å². The van der Waals surface area contributed by atoms with Crippen LogP contribution in [0, 0.1) is 0 Å². The van der Waals surface area contributed by atoms with Crippen LogP contribution in [0.15, 0.2) is 77.7 Å². The van der Waals surface area contributed by atoms with E-state index in [1.807, 2.05) is 11.8 Å². The van der Waals surface area contributed by atoms with E-state index in [0.29, 0.717) is 54.0 Å². The van der Waals surface area contributed by atoms with E-state index in [2.05, 4.69) is 20.6 Å². The number of hydrogen-bond acceptors (Lipinski definition) is 9. The monoisotopic (exact) mass is 574 g/mol. The summed E-state index contributed by atoms with van der Waals surface area (Å²) in [6.07, 6.45) is 1.16. The zero-order valence-corrected chi connectivity index (χ0v) is 23.4. The van der Waals surface area contributed by atoms with Crippen molar-refractivity contribution >= 4 is 33.2 Å². The summed E-state index contributed by atoms with van der Waals surface area (Å²) in [6.45, 7) is 3.56. The minimum Gasteiger partial charge on any atom is -0.392 e. The number of sulfone groups is 1. The highest BCUT2D eigenvalue weighted by atomic mass is 32.2. The Morgan fingerprint density at radius 3 is 2.22 bits per heavy atom. The lowest BCUT2D eigenvalue weighted by Gasteiger charge is -2.33. The van der Waals surface area contributed by atoms with Crippen LogP contribution in [0.5, 0.6) is 0 Å². The third-order valence-corrected chi connectivity index (χ3v) is 7.73. The van der Waals surface area contributed by atoms with Crippen molar-refractivity contribution in [1.29, 1.82) is 0 Å². The van der Waals surface area contributed by atoms with E-state index in [1.54, 1.807) is 66.7 Å². The Bertz CT molecular complexity index is 1650. The van der Waals surface area contributed by atoms with Crippen molar-refractivity contribution in [3.05, 3.63) is 78.4 Å². The van der Waals surface area contributed by atoms with Crippen molar-refractivity contribution in [1.82, 2.24) is 15.0 Å². The van der Waals surface area contributed by atoms with Gasteiger partial charge in [-0.25, -0.2) is 18.2 Å². The third-order valence-electron chi connectivity index (χ3n) is 6.57. The number of morpholine rings is 1. The second-order valence-electron chi connectivity index (χ2n) is 9.68. The minimum absolute atomic E-state index is 0.0157. The largest absolute Gasteiger partial charge is 0.392 e. The van der Waals surface area contributed by atoms with Crippen LogP contribution in [0.1, 0.15) is 12.5 Å². The molecule has 41 heavy (non-hydrogen) atoms. The van der Waals surface area contributed by atoms with Gasteiger partial charge in [-0.05, 0) is 61.0 Å². The lowest BCUT2D eigenvalue weighted by molar-refractivity contribution is 0.0981. The summed E-state index contributed by atoms with van der Waals surface area (Å²) in [7, 11) is -3.54. The second-order valence-corrected chi connectivity index (χ2v) is 11.7. The average molecular weight is 575 g/mol. The standard InChI is InChI=1S/C29H30N6O5S/c1-19-18-40-16-15-35(19)28-33-26(32-27(34-28)24-5-3-4-6-25(24)41(2,38)39)21-9-13-23(14-10-21)31-29(37)30-22-11-7-20(17-36)8-12-22/h3-14,19,36H,15-18H2,1-2H3,(H2,30,31,37).